The molecule has 128 valence electrons. The highest BCUT2D eigenvalue weighted by molar-refractivity contribution is 6.35. The minimum Gasteiger partial charge on any atom is -0.381 e. The van der Waals surface area contributed by atoms with Crippen LogP contribution in [0.1, 0.15) is 39.0 Å². The molecule has 1 fully saturated rings. The van der Waals surface area contributed by atoms with Crippen molar-refractivity contribution in [2.24, 2.45) is 0 Å². The number of carbonyl (C=O) groups is 2. The van der Waals surface area contributed by atoms with E-state index in [1.165, 1.54) is 0 Å². The van der Waals surface area contributed by atoms with Gasteiger partial charge < -0.3 is 19.9 Å². The van der Waals surface area contributed by atoms with Gasteiger partial charge in [0, 0.05) is 32.8 Å². The Kier molecular flexibility index (Phi) is 9.08. The fraction of sp³-hybridized carbons (Fsp3) is 0.875. The number of hydrogen-bond donors (Lipinski definition) is 1. The number of likely N-dealkylation sites (tertiary alicyclic amines) is 1. The van der Waals surface area contributed by atoms with Crippen LogP contribution in [-0.2, 0) is 14.3 Å². The van der Waals surface area contributed by atoms with Crippen LogP contribution in [0.5, 0.6) is 0 Å². The quantitative estimate of drug-likeness (QED) is 0.533. The average Bonchev–Trinajstić information content (AvgIpc) is 2.53. The van der Waals surface area contributed by atoms with Crippen molar-refractivity contribution in [3.05, 3.63) is 0 Å². The van der Waals surface area contributed by atoms with Gasteiger partial charge in [0.1, 0.15) is 0 Å². The molecule has 0 aromatic rings. The van der Waals surface area contributed by atoms with E-state index in [2.05, 4.69) is 24.2 Å². The summed E-state index contributed by atoms with van der Waals surface area (Å²) in [5, 5.41) is 2.68. The fourth-order valence-corrected chi connectivity index (χ4v) is 2.51. The monoisotopic (exact) mass is 313 g/mol. The molecule has 1 rings (SSSR count). The Morgan fingerprint density at radius 1 is 1.23 bits per heavy atom. The topological polar surface area (TPSA) is 61.9 Å². The number of likely N-dealkylation sites (N-methyl/N-ethyl adjacent to an activating group) is 1. The van der Waals surface area contributed by atoms with E-state index >= 15 is 0 Å². The number of unbranched alkanes of at least 4 members (excludes halogenated alkanes) is 1. The van der Waals surface area contributed by atoms with Gasteiger partial charge in [0.25, 0.3) is 0 Å². The van der Waals surface area contributed by atoms with Crippen LogP contribution in [0.15, 0.2) is 0 Å². The molecule has 0 bridgehead atoms. The molecule has 1 heterocycles. The molecule has 6 nitrogen and oxygen atoms in total. The third-order valence-corrected chi connectivity index (χ3v) is 4.14. The molecule has 1 N–H and O–H groups in total. The Bertz CT molecular complexity index is 342. The molecule has 22 heavy (non-hydrogen) atoms. The molecule has 2 amide bonds. The highest BCUT2D eigenvalue weighted by Crippen LogP contribution is 2.14. The van der Waals surface area contributed by atoms with Crippen LogP contribution in [0, 0.1) is 0 Å². The SMILES string of the molecule is CCCCOCCCNC(=O)C(=O)N(C)C1CCN(C)CC1. The highest BCUT2D eigenvalue weighted by Gasteiger charge is 2.27. The van der Waals surface area contributed by atoms with E-state index in [0.717, 1.165) is 51.8 Å². The van der Waals surface area contributed by atoms with E-state index in [-0.39, 0.29) is 6.04 Å². The van der Waals surface area contributed by atoms with E-state index in [9.17, 15) is 9.59 Å². The Balaban J connectivity index is 2.17. The van der Waals surface area contributed by atoms with Crippen LogP contribution in [0.25, 0.3) is 0 Å². The molecule has 0 atom stereocenters. The molecule has 0 unspecified atom stereocenters. The first-order valence-electron chi connectivity index (χ1n) is 8.37. The van der Waals surface area contributed by atoms with Gasteiger partial charge in [0.15, 0.2) is 0 Å². The van der Waals surface area contributed by atoms with Crippen molar-refractivity contribution in [3.63, 3.8) is 0 Å². The molecule has 0 aromatic carbocycles. The summed E-state index contributed by atoms with van der Waals surface area (Å²) in [7, 11) is 3.80. The molecule has 1 aliphatic heterocycles. The summed E-state index contributed by atoms with van der Waals surface area (Å²) in [6.07, 6.45) is 4.77. The fourth-order valence-electron chi connectivity index (χ4n) is 2.51. The van der Waals surface area contributed by atoms with Gasteiger partial charge in [0.05, 0.1) is 0 Å². The van der Waals surface area contributed by atoms with Crippen LogP contribution < -0.4 is 5.32 Å². The molecule has 0 aliphatic carbocycles. The molecule has 0 spiro atoms. The molecule has 0 saturated carbocycles. The Hall–Kier alpha value is -1.14. The molecule has 1 saturated heterocycles. The summed E-state index contributed by atoms with van der Waals surface area (Å²) in [6, 6.07) is 0.173. The molecule has 6 heteroatoms. The van der Waals surface area contributed by atoms with Gasteiger partial charge in [-0.1, -0.05) is 13.3 Å². The summed E-state index contributed by atoms with van der Waals surface area (Å²) < 4.78 is 5.42. The predicted molar refractivity (Wildman–Crippen MR) is 86.6 cm³/mol. The first kappa shape index (κ1) is 18.9. The van der Waals surface area contributed by atoms with E-state index < -0.39 is 11.8 Å². The number of nitrogens with zero attached hydrogens (tertiary/aromatic N) is 2. The Labute approximate surface area is 134 Å². The number of piperidine rings is 1. The van der Waals surface area contributed by atoms with Crippen molar-refractivity contribution in [2.45, 2.75) is 45.1 Å². The van der Waals surface area contributed by atoms with Gasteiger partial charge in [0.2, 0.25) is 0 Å². The standard InChI is InChI=1S/C16H31N3O3/c1-4-5-12-22-13-6-9-17-15(20)16(21)19(3)14-7-10-18(2)11-8-14/h14H,4-13H2,1-3H3,(H,17,20). The van der Waals surface area contributed by atoms with Crippen molar-refractivity contribution in [1.82, 2.24) is 15.1 Å². The first-order chi connectivity index (χ1) is 10.6. The van der Waals surface area contributed by atoms with Crippen molar-refractivity contribution in [1.29, 1.82) is 0 Å². The maximum atomic E-state index is 12.1. The zero-order chi connectivity index (χ0) is 16.4. The number of ether oxygens (including phenoxy) is 1. The zero-order valence-electron chi connectivity index (χ0n) is 14.3. The number of hydrogen-bond acceptors (Lipinski definition) is 4. The van der Waals surface area contributed by atoms with Gasteiger partial charge >= 0.3 is 11.8 Å². The summed E-state index contributed by atoms with van der Waals surface area (Å²) in [6.45, 7) is 5.94. The maximum absolute atomic E-state index is 12.1. The van der Waals surface area contributed by atoms with E-state index in [1.807, 2.05) is 0 Å². The highest BCUT2D eigenvalue weighted by atomic mass is 16.5. The van der Waals surface area contributed by atoms with Gasteiger partial charge in [-0.05, 0) is 45.8 Å². The smallest absolute Gasteiger partial charge is 0.311 e. The van der Waals surface area contributed by atoms with Crippen molar-refractivity contribution >= 4 is 11.8 Å². The lowest BCUT2D eigenvalue weighted by Gasteiger charge is -2.34. The van der Waals surface area contributed by atoms with Gasteiger partial charge in [-0.15, -0.1) is 0 Å². The number of amides is 2. The molecule has 0 aromatic heterocycles. The largest absolute Gasteiger partial charge is 0.381 e. The minimum absolute atomic E-state index is 0.173. The number of carbonyl (C=O) groups excluding carboxylic acids is 2. The normalized spacial score (nSPS) is 16.5. The number of rotatable bonds is 8. The van der Waals surface area contributed by atoms with Gasteiger partial charge in [-0.25, -0.2) is 0 Å². The van der Waals surface area contributed by atoms with Crippen molar-refractivity contribution in [3.8, 4) is 0 Å². The maximum Gasteiger partial charge on any atom is 0.311 e. The van der Waals surface area contributed by atoms with Gasteiger partial charge in [-0.2, -0.15) is 0 Å². The Morgan fingerprint density at radius 2 is 1.86 bits per heavy atom. The third-order valence-electron chi connectivity index (χ3n) is 4.14. The third kappa shape index (κ3) is 6.75. The van der Waals surface area contributed by atoms with E-state index in [1.54, 1.807) is 11.9 Å². The van der Waals surface area contributed by atoms with Crippen LogP contribution in [0.3, 0.4) is 0 Å². The van der Waals surface area contributed by atoms with Crippen LogP contribution >= 0.6 is 0 Å². The molecule has 0 radical (unpaired) electrons. The second kappa shape index (κ2) is 10.6. The van der Waals surface area contributed by atoms with E-state index in [4.69, 9.17) is 4.74 Å². The van der Waals surface area contributed by atoms with Crippen molar-refractivity contribution in [2.75, 3.05) is 46.9 Å². The molecular formula is C16H31N3O3. The predicted octanol–water partition coefficient (Wildman–Crippen LogP) is 0.862. The first-order valence-corrected chi connectivity index (χ1v) is 8.37. The lowest BCUT2D eigenvalue weighted by atomic mass is 10.0. The lowest BCUT2D eigenvalue weighted by Crippen LogP contribution is -2.49. The molecular weight excluding hydrogens is 282 g/mol. The average molecular weight is 313 g/mol. The Morgan fingerprint density at radius 3 is 2.50 bits per heavy atom. The number of nitrogens with one attached hydrogen (secondary N) is 1. The van der Waals surface area contributed by atoms with Crippen LogP contribution in [-0.4, -0.2) is 74.6 Å². The summed E-state index contributed by atoms with van der Waals surface area (Å²) >= 11 is 0. The summed E-state index contributed by atoms with van der Waals surface area (Å²) in [5.41, 5.74) is 0. The molecule has 1 aliphatic rings. The summed E-state index contributed by atoms with van der Waals surface area (Å²) in [4.78, 5) is 27.8. The minimum atomic E-state index is -0.505. The van der Waals surface area contributed by atoms with Crippen LogP contribution in [0.4, 0.5) is 0 Å². The second-order valence-corrected chi connectivity index (χ2v) is 6.03. The lowest BCUT2D eigenvalue weighted by molar-refractivity contribution is -0.146. The van der Waals surface area contributed by atoms with Crippen molar-refractivity contribution < 1.29 is 14.3 Å². The zero-order valence-corrected chi connectivity index (χ0v) is 14.3. The second-order valence-electron chi connectivity index (χ2n) is 6.03. The summed E-state index contributed by atoms with van der Waals surface area (Å²) in [5.74, 6) is -0.934. The van der Waals surface area contributed by atoms with Gasteiger partial charge in [-0.3, -0.25) is 9.59 Å². The van der Waals surface area contributed by atoms with E-state index in [0.29, 0.717) is 13.2 Å². The van der Waals surface area contributed by atoms with Crippen LogP contribution in [0.2, 0.25) is 0 Å².